The Hall–Kier alpha value is -2.07. The first-order valence-corrected chi connectivity index (χ1v) is 6.72. The molecule has 1 saturated heterocycles. The molecule has 3 rings (SSSR count). The van der Waals surface area contributed by atoms with E-state index in [-0.39, 0.29) is 5.82 Å². The van der Waals surface area contributed by atoms with Crippen LogP contribution in [0, 0.1) is 5.82 Å². The van der Waals surface area contributed by atoms with Crippen molar-refractivity contribution in [2.75, 3.05) is 36.9 Å². The van der Waals surface area contributed by atoms with Gasteiger partial charge in [-0.2, -0.15) is 0 Å². The number of rotatable bonds is 2. The van der Waals surface area contributed by atoms with Crippen LogP contribution in [0.1, 0.15) is 0 Å². The highest BCUT2D eigenvalue weighted by atomic mass is 19.1. The molecule has 0 bridgehead atoms. The average molecular weight is 272 g/mol. The summed E-state index contributed by atoms with van der Waals surface area (Å²) >= 11 is 0. The zero-order valence-electron chi connectivity index (χ0n) is 11.2. The molecule has 1 aliphatic rings. The van der Waals surface area contributed by atoms with E-state index < -0.39 is 0 Å². The second-order valence-electron chi connectivity index (χ2n) is 4.88. The zero-order valence-corrected chi connectivity index (χ0v) is 11.2. The minimum absolute atomic E-state index is 0.225. The van der Waals surface area contributed by atoms with E-state index >= 15 is 0 Å². The van der Waals surface area contributed by atoms with Gasteiger partial charge in [-0.05, 0) is 29.8 Å². The summed E-state index contributed by atoms with van der Waals surface area (Å²) in [5.74, 6) is -0.225. The Bertz CT molecular complexity index is 592. The minimum atomic E-state index is -0.225. The van der Waals surface area contributed by atoms with Gasteiger partial charge in [-0.25, -0.2) is 4.39 Å². The summed E-state index contributed by atoms with van der Waals surface area (Å²) in [4.78, 5) is 2.26. The van der Waals surface area contributed by atoms with Crippen LogP contribution in [0.3, 0.4) is 0 Å². The highest BCUT2D eigenvalue weighted by molar-refractivity contribution is 5.81. The lowest BCUT2D eigenvalue weighted by atomic mass is 10.0. The molecule has 1 aliphatic heterocycles. The molecule has 0 atom stereocenters. The number of morpholine rings is 1. The maximum Gasteiger partial charge on any atom is 0.123 e. The van der Waals surface area contributed by atoms with Crippen molar-refractivity contribution in [2.24, 2.45) is 0 Å². The number of nitrogens with two attached hydrogens (primary N) is 1. The van der Waals surface area contributed by atoms with Gasteiger partial charge in [0.15, 0.2) is 0 Å². The number of benzene rings is 2. The Morgan fingerprint density at radius 1 is 1.00 bits per heavy atom. The van der Waals surface area contributed by atoms with Crippen LogP contribution in [0.4, 0.5) is 15.8 Å². The Morgan fingerprint density at radius 3 is 2.40 bits per heavy atom. The first-order chi connectivity index (χ1) is 9.74. The Balaban J connectivity index is 2.03. The van der Waals surface area contributed by atoms with E-state index in [4.69, 9.17) is 10.5 Å². The maximum absolute atomic E-state index is 13.1. The van der Waals surface area contributed by atoms with E-state index in [0.29, 0.717) is 0 Å². The van der Waals surface area contributed by atoms with Crippen LogP contribution in [-0.4, -0.2) is 26.3 Å². The van der Waals surface area contributed by atoms with Gasteiger partial charge in [0.2, 0.25) is 0 Å². The normalized spacial score (nSPS) is 15.3. The molecule has 0 saturated carbocycles. The van der Waals surface area contributed by atoms with Crippen molar-refractivity contribution in [2.45, 2.75) is 0 Å². The molecule has 0 spiro atoms. The lowest BCUT2D eigenvalue weighted by molar-refractivity contribution is 0.123. The number of halogens is 1. The smallest absolute Gasteiger partial charge is 0.123 e. The van der Waals surface area contributed by atoms with Gasteiger partial charge < -0.3 is 15.4 Å². The van der Waals surface area contributed by atoms with Crippen molar-refractivity contribution < 1.29 is 9.13 Å². The minimum Gasteiger partial charge on any atom is -0.399 e. The van der Waals surface area contributed by atoms with Gasteiger partial charge in [-0.3, -0.25) is 0 Å². The molecule has 2 aromatic carbocycles. The molecule has 0 unspecified atom stereocenters. The van der Waals surface area contributed by atoms with E-state index in [0.717, 1.165) is 48.8 Å². The summed E-state index contributed by atoms with van der Waals surface area (Å²) in [5, 5.41) is 0. The van der Waals surface area contributed by atoms with Gasteiger partial charge in [0.25, 0.3) is 0 Å². The van der Waals surface area contributed by atoms with Crippen molar-refractivity contribution in [3.63, 3.8) is 0 Å². The first kappa shape index (κ1) is 12.9. The van der Waals surface area contributed by atoms with E-state index in [9.17, 15) is 4.39 Å². The summed E-state index contributed by atoms with van der Waals surface area (Å²) in [7, 11) is 0. The standard InChI is InChI=1S/C16H17FN2O/c17-13-3-1-12(2-4-13)15-6-5-14(18)11-16(15)19-7-9-20-10-8-19/h1-6,11H,7-10,18H2. The van der Waals surface area contributed by atoms with Gasteiger partial charge in [0, 0.05) is 30.0 Å². The molecule has 0 aromatic heterocycles. The molecule has 0 amide bonds. The third-order valence-electron chi connectivity index (χ3n) is 3.53. The lowest BCUT2D eigenvalue weighted by Crippen LogP contribution is -2.36. The van der Waals surface area contributed by atoms with Crippen LogP contribution in [0.25, 0.3) is 11.1 Å². The summed E-state index contributed by atoms with van der Waals surface area (Å²) < 4.78 is 18.5. The predicted octanol–water partition coefficient (Wildman–Crippen LogP) is 2.91. The molecule has 1 heterocycles. The Labute approximate surface area is 117 Å². The Kier molecular flexibility index (Phi) is 3.56. The van der Waals surface area contributed by atoms with Crippen molar-refractivity contribution in [1.29, 1.82) is 0 Å². The highest BCUT2D eigenvalue weighted by Gasteiger charge is 2.16. The number of nitrogen functional groups attached to an aromatic ring is 1. The third kappa shape index (κ3) is 2.60. The largest absolute Gasteiger partial charge is 0.399 e. The predicted molar refractivity (Wildman–Crippen MR) is 79.3 cm³/mol. The van der Waals surface area contributed by atoms with Crippen LogP contribution in [-0.2, 0) is 4.74 Å². The molecule has 0 aliphatic carbocycles. The van der Waals surface area contributed by atoms with Crippen molar-refractivity contribution in [3.8, 4) is 11.1 Å². The zero-order chi connectivity index (χ0) is 13.9. The fourth-order valence-corrected chi connectivity index (χ4v) is 2.49. The Morgan fingerprint density at radius 2 is 1.70 bits per heavy atom. The second kappa shape index (κ2) is 5.51. The van der Waals surface area contributed by atoms with E-state index in [1.807, 2.05) is 18.2 Å². The molecule has 2 aromatic rings. The SMILES string of the molecule is Nc1ccc(-c2ccc(F)cc2)c(N2CCOCC2)c1. The summed E-state index contributed by atoms with van der Waals surface area (Å²) in [6.45, 7) is 3.13. The van der Waals surface area contributed by atoms with E-state index in [1.54, 1.807) is 12.1 Å². The quantitative estimate of drug-likeness (QED) is 0.854. The van der Waals surface area contributed by atoms with Crippen molar-refractivity contribution in [1.82, 2.24) is 0 Å². The van der Waals surface area contributed by atoms with E-state index in [1.165, 1.54) is 12.1 Å². The van der Waals surface area contributed by atoms with Crippen molar-refractivity contribution >= 4 is 11.4 Å². The molecule has 1 fully saturated rings. The summed E-state index contributed by atoms with van der Waals surface area (Å²) in [6.07, 6.45) is 0. The van der Waals surface area contributed by atoms with Crippen LogP contribution in [0.5, 0.6) is 0 Å². The van der Waals surface area contributed by atoms with Crippen LogP contribution >= 0.6 is 0 Å². The maximum atomic E-state index is 13.1. The summed E-state index contributed by atoms with van der Waals surface area (Å²) in [6, 6.07) is 12.4. The van der Waals surface area contributed by atoms with E-state index in [2.05, 4.69) is 4.90 Å². The number of anilines is 2. The van der Waals surface area contributed by atoms with Gasteiger partial charge in [-0.15, -0.1) is 0 Å². The molecule has 4 heteroatoms. The molecule has 20 heavy (non-hydrogen) atoms. The number of nitrogens with zero attached hydrogens (tertiary/aromatic N) is 1. The molecule has 0 radical (unpaired) electrons. The molecular weight excluding hydrogens is 255 g/mol. The summed E-state index contributed by atoms with van der Waals surface area (Å²) in [5.41, 5.74) is 9.80. The van der Waals surface area contributed by atoms with Crippen LogP contribution < -0.4 is 10.6 Å². The first-order valence-electron chi connectivity index (χ1n) is 6.72. The molecule has 2 N–H and O–H groups in total. The highest BCUT2D eigenvalue weighted by Crippen LogP contribution is 2.33. The fourth-order valence-electron chi connectivity index (χ4n) is 2.49. The topological polar surface area (TPSA) is 38.5 Å². The fraction of sp³-hybridized carbons (Fsp3) is 0.250. The monoisotopic (exact) mass is 272 g/mol. The molecular formula is C16H17FN2O. The van der Waals surface area contributed by atoms with Gasteiger partial charge in [0.05, 0.1) is 13.2 Å². The van der Waals surface area contributed by atoms with Crippen molar-refractivity contribution in [3.05, 3.63) is 48.3 Å². The van der Waals surface area contributed by atoms with Gasteiger partial charge >= 0.3 is 0 Å². The van der Waals surface area contributed by atoms with Crippen LogP contribution in [0.2, 0.25) is 0 Å². The van der Waals surface area contributed by atoms with Gasteiger partial charge in [-0.1, -0.05) is 18.2 Å². The second-order valence-corrected chi connectivity index (χ2v) is 4.88. The number of hydrogen-bond donors (Lipinski definition) is 1. The molecule has 3 nitrogen and oxygen atoms in total. The number of hydrogen-bond acceptors (Lipinski definition) is 3. The molecule has 104 valence electrons. The lowest BCUT2D eigenvalue weighted by Gasteiger charge is -2.31. The number of ether oxygens (including phenoxy) is 1. The van der Waals surface area contributed by atoms with Gasteiger partial charge in [0.1, 0.15) is 5.82 Å². The third-order valence-corrected chi connectivity index (χ3v) is 3.53. The average Bonchev–Trinajstić information content (AvgIpc) is 2.49. The van der Waals surface area contributed by atoms with Crippen LogP contribution in [0.15, 0.2) is 42.5 Å².